The third-order valence-electron chi connectivity index (χ3n) is 2.80. The number of benzene rings is 1. The molecule has 0 N–H and O–H groups in total. The smallest absolute Gasteiger partial charge is 0.360 e. The lowest BCUT2D eigenvalue weighted by atomic mass is 10.2. The van der Waals surface area contributed by atoms with Crippen molar-refractivity contribution in [2.45, 2.75) is 27.2 Å². The highest BCUT2D eigenvalue weighted by Crippen LogP contribution is 2.13. The molecular weight excluding hydrogens is 242 g/mol. The van der Waals surface area contributed by atoms with Crippen LogP contribution in [0.25, 0.3) is 5.69 Å². The van der Waals surface area contributed by atoms with E-state index in [2.05, 4.69) is 10.3 Å². The Hall–Kier alpha value is -2.17. The summed E-state index contributed by atoms with van der Waals surface area (Å²) in [5, 5.41) is 7.92. The zero-order valence-electron chi connectivity index (χ0n) is 11.4. The molecule has 0 unspecified atom stereocenters. The molecule has 0 aliphatic heterocycles. The van der Waals surface area contributed by atoms with E-state index in [4.69, 9.17) is 4.74 Å². The molecule has 19 heavy (non-hydrogen) atoms. The second-order valence-corrected chi connectivity index (χ2v) is 4.41. The third kappa shape index (κ3) is 2.81. The van der Waals surface area contributed by atoms with Crippen LogP contribution in [0.4, 0.5) is 0 Å². The number of nitrogens with zero attached hydrogens (tertiary/aromatic N) is 3. The molecule has 0 spiro atoms. The maximum atomic E-state index is 11.8. The molecule has 2 rings (SSSR count). The van der Waals surface area contributed by atoms with Crippen molar-refractivity contribution in [1.29, 1.82) is 0 Å². The molecule has 0 radical (unpaired) electrons. The van der Waals surface area contributed by atoms with Gasteiger partial charge in [-0.25, -0.2) is 9.48 Å². The average molecular weight is 259 g/mol. The fourth-order valence-corrected chi connectivity index (χ4v) is 1.71. The maximum absolute atomic E-state index is 11.8. The van der Waals surface area contributed by atoms with Gasteiger partial charge in [-0.05, 0) is 32.4 Å². The van der Waals surface area contributed by atoms with Gasteiger partial charge in [0.25, 0.3) is 0 Å². The molecule has 0 saturated carbocycles. The van der Waals surface area contributed by atoms with Gasteiger partial charge in [0.05, 0.1) is 18.0 Å². The van der Waals surface area contributed by atoms with Crippen LogP contribution in [0.5, 0.6) is 0 Å². The summed E-state index contributed by atoms with van der Waals surface area (Å²) in [5.74, 6) is -0.419. The number of aromatic nitrogens is 3. The summed E-state index contributed by atoms with van der Waals surface area (Å²) in [6, 6.07) is 7.87. The lowest BCUT2D eigenvalue weighted by molar-refractivity contribution is 0.0497. The number of esters is 1. The van der Waals surface area contributed by atoms with Crippen molar-refractivity contribution in [3.63, 3.8) is 0 Å². The number of ether oxygens (including phenoxy) is 1. The molecule has 0 fully saturated rings. The van der Waals surface area contributed by atoms with Gasteiger partial charge >= 0.3 is 5.97 Å². The highest BCUT2D eigenvalue weighted by molar-refractivity contribution is 5.88. The molecule has 5 heteroatoms. The first kappa shape index (κ1) is 13.3. The molecule has 1 aromatic heterocycles. The molecule has 2 aromatic rings. The average Bonchev–Trinajstić information content (AvgIpc) is 2.79. The van der Waals surface area contributed by atoms with Crippen LogP contribution in [0, 0.1) is 13.8 Å². The maximum Gasteiger partial charge on any atom is 0.360 e. The molecule has 1 aromatic carbocycles. The number of hydrogen-bond donors (Lipinski definition) is 0. The highest BCUT2D eigenvalue weighted by Gasteiger charge is 2.18. The normalized spacial score (nSPS) is 10.5. The van der Waals surface area contributed by atoms with Gasteiger partial charge in [-0.15, -0.1) is 5.10 Å². The molecule has 0 saturated heterocycles. The van der Waals surface area contributed by atoms with E-state index in [1.165, 1.54) is 5.56 Å². The Bertz CT molecular complexity index is 573. The lowest BCUT2D eigenvalue weighted by Gasteiger charge is -2.04. The number of carbonyl (C=O) groups is 1. The van der Waals surface area contributed by atoms with E-state index in [1.54, 1.807) is 4.68 Å². The SMILES string of the molecule is CCCOC(=O)c1nnn(-c2ccc(C)cc2)c1C. The van der Waals surface area contributed by atoms with Crippen molar-refractivity contribution in [3.8, 4) is 5.69 Å². The fourth-order valence-electron chi connectivity index (χ4n) is 1.71. The molecule has 100 valence electrons. The summed E-state index contributed by atoms with van der Waals surface area (Å²) in [5.41, 5.74) is 3.01. The van der Waals surface area contributed by atoms with Crippen LogP contribution in [0.2, 0.25) is 0 Å². The van der Waals surface area contributed by atoms with Gasteiger partial charge in [0.1, 0.15) is 0 Å². The van der Waals surface area contributed by atoms with E-state index in [-0.39, 0.29) is 5.69 Å². The number of carbonyl (C=O) groups excluding carboxylic acids is 1. The van der Waals surface area contributed by atoms with E-state index in [0.29, 0.717) is 12.3 Å². The first-order valence-corrected chi connectivity index (χ1v) is 6.30. The number of aryl methyl sites for hydroxylation is 1. The molecular formula is C14H17N3O2. The van der Waals surface area contributed by atoms with Crippen molar-refractivity contribution in [3.05, 3.63) is 41.2 Å². The fraction of sp³-hybridized carbons (Fsp3) is 0.357. The standard InChI is InChI=1S/C14H17N3O2/c1-4-9-19-14(18)13-11(3)17(16-15-13)12-7-5-10(2)6-8-12/h5-8H,4,9H2,1-3H3. The Morgan fingerprint density at radius 3 is 2.58 bits per heavy atom. The summed E-state index contributed by atoms with van der Waals surface area (Å²) < 4.78 is 6.71. The topological polar surface area (TPSA) is 57.0 Å². The van der Waals surface area contributed by atoms with Gasteiger partial charge in [-0.1, -0.05) is 29.8 Å². The minimum Gasteiger partial charge on any atom is -0.461 e. The van der Waals surface area contributed by atoms with Crippen molar-refractivity contribution >= 4 is 5.97 Å². The second-order valence-electron chi connectivity index (χ2n) is 4.41. The summed E-state index contributed by atoms with van der Waals surface area (Å²) in [6.07, 6.45) is 0.789. The van der Waals surface area contributed by atoms with Gasteiger partial charge in [-0.2, -0.15) is 0 Å². The largest absolute Gasteiger partial charge is 0.461 e. The van der Waals surface area contributed by atoms with Gasteiger partial charge in [0.2, 0.25) is 0 Å². The first-order valence-electron chi connectivity index (χ1n) is 6.30. The predicted octanol–water partition coefficient (Wildman–Crippen LogP) is 2.45. The molecule has 0 atom stereocenters. The van der Waals surface area contributed by atoms with Crippen molar-refractivity contribution in [2.24, 2.45) is 0 Å². The summed E-state index contributed by atoms with van der Waals surface area (Å²) in [4.78, 5) is 11.8. The third-order valence-corrected chi connectivity index (χ3v) is 2.80. The van der Waals surface area contributed by atoms with E-state index in [9.17, 15) is 4.79 Å². The minimum absolute atomic E-state index is 0.272. The van der Waals surface area contributed by atoms with Gasteiger partial charge in [0.15, 0.2) is 5.69 Å². The molecule has 0 aliphatic carbocycles. The van der Waals surface area contributed by atoms with E-state index < -0.39 is 5.97 Å². The van der Waals surface area contributed by atoms with Crippen LogP contribution in [0.1, 0.15) is 35.1 Å². The Morgan fingerprint density at radius 2 is 1.95 bits per heavy atom. The quantitative estimate of drug-likeness (QED) is 0.791. The van der Waals surface area contributed by atoms with E-state index in [1.807, 2.05) is 45.0 Å². The second kappa shape index (κ2) is 5.65. The van der Waals surface area contributed by atoms with Gasteiger partial charge in [0, 0.05) is 0 Å². The van der Waals surface area contributed by atoms with Crippen LogP contribution < -0.4 is 0 Å². The highest BCUT2D eigenvalue weighted by atomic mass is 16.5. The lowest BCUT2D eigenvalue weighted by Crippen LogP contribution is -2.08. The molecule has 0 amide bonds. The first-order chi connectivity index (χ1) is 9.13. The zero-order chi connectivity index (χ0) is 13.8. The Kier molecular flexibility index (Phi) is 3.94. The Balaban J connectivity index is 2.27. The molecule has 0 bridgehead atoms. The van der Waals surface area contributed by atoms with Gasteiger partial charge < -0.3 is 4.74 Å². The predicted molar refractivity (Wildman–Crippen MR) is 71.4 cm³/mol. The zero-order valence-corrected chi connectivity index (χ0v) is 11.4. The summed E-state index contributed by atoms with van der Waals surface area (Å²) >= 11 is 0. The van der Waals surface area contributed by atoms with Crippen LogP contribution >= 0.6 is 0 Å². The monoisotopic (exact) mass is 259 g/mol. The molecule has 1 heterocycles. The summed E-state index contributed by atoms with van der Waals surface area (Å²) in [6.45, 7) is 6.17. The van der Waals surface area contributed by atoms with Gasteiger partial charge in [-0.3, -0.25) is 0 Å². The van der Waals surface area contributed by atoms with Crippen LogP contribution in [0.3, 0.4) is 0 Å². The van der Waals surface area contributed by atoms with Crippen molar-refractivity contribution in [2.75, 3.05) is 6.61 Å². The van der Waals surface area contributed by atoms with E-state index in [0.717, 1.165) is 12.1 Å². The number of rotatable bonds is 4. The Labute approximate surface area is 112 Å². The van der Waals surface area contributed by atoms with Crippen molar-refractivity contribution in [1.82, 2.24) is 15.0 Å². The molecule has 5 nitrogen and oxygen atoms in total. The number of hydrogen-bond acceptors (Lipinski definition) is 4. The van der Waals surface area contributed by atoms with Crippen LogP contribution in [-0.2, 0) is 4.74 Å². The van der Waals surface area contributed by atoms with E-state index >= 15 is 0 Å². The van der Waals surface area contributed by atoms with Crippen molar-refractivity contribution < 1.29 is 9.53 Å². The Morgan fingerprint density at radius 1 is 1.26 bits per heavy atom. The van der Waals surface area contributed by atoms with Crippen LogP contribution in [-0.4, -0.2) is 27.6 Å². The minimum atomic E-state index is -0.419. The molecule has 0 aliphatic rings. The summed E-state index contributed by atoms with van der Waals surface area (Å²) in [7, 11) is 0. The van der Waals surface area contributed by atoms with Crippen LogP contribution in [0.15, 0.2) is 24.3 Å².